The first-order valence-corrected chi connectivity index (χ1v) is 4.83. The van der Waals surface area contributed by atoms with Crippen molar-refractivity contribution < 1.29 is 19.8 Å². The molecule has 0 amide bonds. The highest BCUT2D eigenvalue weighted by Gasteiger charge is 2.13. The molecule has 0 bridgehead atoms. The van der Waals surface area contributed by atoms with Crippen molar-refractivity contribution in [3.63, 3.8) is 0 Å². The maximum Gasteiger partial charge on any atom is 0.343 e. The zero-order valence-corrected chi connectivity index (χ0v) is 8.59. The molecule has 1 aliphatic carbocycles. The summed E-state index contributed by atoms with van der Waals surface area (Å²) in [4.78, 5) is 21.0. The first kappa shape index (κ1) is 12.0. The molecule has 1 rings (SSSR count). The summed E-state index contributed by atoms with van der Waals surface area (Å²) in [6, 6.07) is 0. The molecule has 0 radical (unpaired) electrons. The zero-order chi connectivity index (χ0) is 12.0. The van der Waals surface area contributed by atoms with Gasteiger partial charge in [0.1, 0.15) is 5.57 Å². The third-order valence-corrected chi connectivity index (χ3v) is 2.04. The summed E-state index contributed by atoms with van der Waals surface area (Å²) in [7, 11) is 0. The van der Waals surface area contributed by atoms with Gasteiger partial charge in [0, 0.05) is 0 Å². The molecule has 0 unspecified atom stereocenters. The van der Waals surface area contributed by atoms with Gasteiger partial charge in [-0.2, -0.15) is 0 Å². The molecule has 4 heteroatoms. The lowest BCUT2D eigenvalue weighted by molar-refractivity contribution is -0.140. The topological polar surface area (TPSA) is 74.6 Å². The van der Waals surface area contributed by atoms with Gasteiger partial charge in [0.2, 0.25) is 0 Å². The van der Waals surface area contributed by atoms with Crippen molar-refractivity contribution in [3.8, 4) is 0 Å². The molecule has 0 saturated heterocycles. The van der Waals surface area contributed by atoms with Crippen LogP contribution in [0.5, 0.6) is 0 Å². The van der Waals surface area contributed by atoms with E-state index in [1.807, 2.05) is 18.2 Å². The minimum atomic E-state index is -1.44. The van der Waals surface area contributed by atoms with Gasteiger partial charge in [-0.15, -0.1) is 0 Å². The summed E-state index contributed by atoms with van der Waals surface area (Å²) in [6.07, 6.45) is 12.1. The number of hydrogen-bond donors (Lipinski definition) is 2. The normalized spacial score (nSPS) is 14.6. The van der Waals surface area contributed by atoms with Crippen molar-refractivity contribution in [1.29, 1.82) is 0 Å². The van der Waals surface area contributed by atoms with Gasteiger partial charge in [-0.05, 0) is 24.5 Å². The Morgan fingerprint density at radius 3 is 2.38 bits per heavy atom. The first-order valence-electron chi connectivity index (χ1n) is 4.83. The lowest BCUT2D eigenvalue weighted by atomic mass is 10.1. The van der Waals surface area contributed by atoms with E-state index in [0.717, 1.165) is 24.5 Å². The third-order valence-electron chi connectivity index (χ3n) is 2.04. The summed E-state index contributed by atoms with van der Waals surface area (Å²) in [5, 5.41) is 17.1. The van der Waals surface area contributed by atoms with Crippen molar-refractivity contribution in [2.24, 2.45) is 0 Å². The molecule has 1 aliphatic rings. The Morgan fingerprint density at radius 1 is 1.19 bits per heavy atom. The van der Waals surface area contributed by atoms with Crippen LogP contribution in [0.15, 0.2) is 47.6 Å². The molecule has 0 fully saturated rings. The van der Waals surface area contributed by atoms with Crippen molar-refractivity contribution in [2.75, 3.05) is 0 Å². The maximum atomic E-state index is 10.5. The molecule has 2 N–H and O–H groups in total. The van der Waals surface area contributed by atoms with Gasteiger partial charge in [-0.1, -0.05) is 30.4 Å². The van der Waals surface area contributed by atoms with Crippen LogP contribution in [0.3, 0.4) is 0 Å². The minimum absolute atomic E-state index is 0.642. The Bertz CT molecular complexity index is 395. The Morgan fingerprint density at radius 2 is 1.88 bits per heavy atom. The molecular formula is C12H12O4. The van der Waals surface area contributed by atoms with Crippen molar-refractivity contribution in [2.45, 2.75) is 12.8 Å². The van der Waals surface area contributed by atoms with Crippen LogP contribution < -0.4 is 0 Å². The molecule has 0 aromatic heterocycles. The molecule has 0 spiro atoms. The quantitative estimate of drug-likeness (QED) is 0.328. The van der Waals surface area contributed by atoms with Crippen LogP contribution in [0.2, 0.25) is 0 Å². The van der Waals surface area contributed by atoms with Crippen LogP contribution in [0, 0.1) is 0 Å². The molecular weight excluding hydrogens is 208 g/mol. The van der Waals surface area contributed by atoms with Crippen molar-refractivity contribution in [3.05, 3.63) is 47.6 Å². The highest BCUT2D eigenvalue weighted by Crippen LogP contribution is 2.10. The van der Waals surface area contributed by atoms with E-state index >= 15 is 0 Å². The Labute approximate surface area is 92.9 Å². The van der Waals surface area contributed by atoms with Gasteiger partial charge in [0.15, 0.2) is 0 Å². The zero-order valence-electron chi connectivity index (χ0n) is 8.59. The Hall–Kier alpha value is -2.10. The predicted octanol–water partition coefficient (Wildman–Crippen LogP) is 1.91. The standard InChI is InChI=1S/C12H12O4/c13-11(14)10(12(15)16)8-4-7-9-5-2-1-3-6-9/h2,4-8H,1,3H2,(H,13,14)(H,15,16)/b7-4+. The van der Waals surface area contributed by atoms with Gasteiger partial charge in [-0.3, -0.25) is 0 Å². The van der Waals surface area contributed by atoms with Crippen LogP contribution in [0.4, 0.5) is 0 Å². The smallest absolute Gasteiger partial charge is 0.343 e. The maximum absolute atomic E-state index is 10.5. The third kappa shape index (κ3) is 3.57. The number of rotatable bonds is 4. The van der Waals surface area contributed by atoms with Crippen molar-refractivity contribution >= 4 is 11.9 Å². The number of carboxylic acid groups (broad SMARTS) is 2. The van der Waals surface area contributed by atoms with Gasteiger partial charge in [0.25, 0.3) is 0 Å². The molecule has 16 heavy (non-hydrogen) atoms. The van der Waals surface area contributed by atoms with Gasteiger partial charge in [-0.25, -0.2) is 9.59 Å². The lowest BCUT2D eigenvalue weighted by Gasteiger charge is -1.99. The number of allylic oxidation sites excluding steroid dienone is 7. The second-order valence-electron chi connectivity index (χ2n) is 3.23. The van der Waals surface area contributed by atoms with Gasteiger partial charge < -0.3 is 10.2 Å². The van der Waals surface area contributed by atoms with E-state index < -0.39 is 17.5 Å². The molecule has 0 saturated carbocycles. The van der Waals surface area contributed by atoms with Gasteiger partial charge in [0.05, 0.1) is 0 Å². The lowest BCUT2D eigenvalue weighted by Crippen LogP contribution is -2.10. The van der Waals surface area contributed by atoms with E-state index in [2.05, 4.69) is 0 Å². The van der Waals surface area contributed by atoms with E-state index in [1.165, 1.54) is 6.08 Å². The Balaban J connectivity index is 2.73. The second-order valence-corrected chi connectivity index (χ2v) is 3.23. The molecule has 84 valence electrons. The average Bonchev–Trinajstić information content (AvgIpc) is 2.24. The monoisotopic (exact) mass is 220 g/mol. The SMILES string of the molecule is O=C(O)C(=C/C=C/C1=CCCC=C1)C(=O)O. The number of carbonyl (C=O) groups is 2. The largest absolute Gasteiger partial charge is 0.477 e. The molecule has 4 nitrogen and oxygen atoms in total. The number of hydrogen-bond acceptors (Lipinski definition) is 2. The number of carboxylic acids is 2. The van der Waals surface area contributed by atoms with Gasteiger partial charge >= 0.3 is 11.9 Å². The fraction of sp³-hybridized carbons (Fsp3) is 0.167. The van der Waals surface area contributed by atoms with E-state index in [4.69, 9.17) is 10.2 Å². The molecule has 0 heterocycles. The molecule has 0 atom stereocenters. The van der Waals surface area contributed by atoms with Crippen molar-refractivity contribution in [1.82, 2.24) is 0 Å². The molecule has 0 aromatic carbocycles. The number of aliphatic carboxylic acids is 2. The highest BCUT2D eigenvalue weighted by molar-refractivity contribution is 6.12. The summed E-state index contributed by atoms with van der Waals surface area (Å²) >= 11 is 0. The summed E-state index contributed by atoms with van der Waals surface area (Å²) in [5.41, 5.74) is 0.314. The van der Waals surface area contributed by atoms with E-state index in [0.29, 0.717) is 0 Å². The fourth-order valence-corrected chi connectivity index (χ4v) is 1.25. The van der Waals surface area contributed by atoms with E-state index in [9.17, 15) is 9.59 Å². The fourth-order valence-electron chi connectivity index (χ4n) is 1.25. The van der Waals surface area contributed by atoms with Crippen LogP contribution in [0.1, 0.15) is 12.8 Å². The summed E-state index contributed by atoms with van der Waals surface area (Å²) in [6.45, 7) is 0. The second kappa shape index (κ2) is 5.70. The minimum Gasteiger partial charge on any atom is -0.477 e. The van der Waals surface area contributed by atoms with Crippen LogP contribution in [-0.2, 0) is 9.59 Å². The molecule has 0 aromatic rings. The first-order chi connectivity index (χ1) is 7.61. The molecule has 0 aliphatic heterocycles. The summed E-state index contributed by atoms with van der Waals surface area (Å²) < 4.78 is 0. The average molecular weight is 220 g/mol. The summed E-state index contributed by atoms with van der Waals surface area (Å²) in [5.74, 6) is -2.88. The highest BCUT2D eigenvalue weighted by atomic mass is 16.4. The van der Waals surface area contributed by atoms with Crippen LogP contribution in [-0.4, -0.2) is 22.2 Å². The van der Waals surface area contributed by atoms with E-state index in [-0.39, 0.29) is 0 Å². The predicted molar refractivity (Wildman–Crippen MR) is 59.0 cm³/mol. The van der Waals surface area contributed by atoms with Crippen LogP contribution >= 0.6 is 0 Å². The van der Waals surface area contributed by atoms with Crippen LogP contribution in [0.25, 0.3) is 0 Å². The Kier molecular flexibility index (Phi) is 4.27. The van der Waals surface area contributed by atoms with E-state index in [1.54, 1.807) is 6.08 Å².